The van der Waals surface area contributed by atoms with Crippen LogP contribution in [-0.4, -0.2) is 37.6 Å². The van der Waals surface area contributed by atoms with Crippen molar-refractivity contribution in [3.63, 3.8) is 0 Å². The number of pyridine rings is 1. The Hall–Kier alpha value is -1.26. The number of nitrogens with zero attached hydrogens (tertiary/aromatic N) is 2. The molecule has 1 aromatic carbocycles. The van der Waals surface area contributed by atoms with Gasteiger partial charge in [0.15, 0.2) is 0 Å². The second kappa shape index (κ2) is 7.75. The van der Waals surface area contributed by atoms with E-state index in [9.17, 15) is 4.79 Å². The summed E-state index contributed by atoms with van der Waals surface area (Å²) in [4.78, 5) is 21.0. The van der Waals surface area contributed by atoms with Gasteiger partial charge in [-0.1, -0.05) is 0 Å². The Balaban J connectivity index is 1.83. The van der Waals surface area contributed by atoms with Gasteiger partial charge in [0, 0.05) is 0 Å². The van der Waals surface area contributed by atoms with Crippen LogP contribution in [0.4, 0.5) is 0 Å². The van der Waals surface area contributed by atoms with Crippen molar-refractivity contribution in [3.05, 3.63) is 57.0 Å². The molecule has 24 heavy (non-hydrogen) atoms. The zero-order chi connectivity index (χ0) is 17.1. The van der Waals surface area contributed by atoms with E-state index in [2.05, 4.69) is 9.98 Å². The molecule has 1 atom stereocenters. The van der Waals surface area contributed by atoms with Crippen LogP contribution in [0.3, 0.4) is 0 Å². The number of aliphatic imine (C=N–C) groups is 1. The zero-order valence-electron chi connectivity index (χ0n) is 12.4. The second-order valence-corrected chi connectivity index (χ2v) is 9.83. The average molecular weight is 441 g/mol. The Morgan fingerprint density at radius 2 is 1.96 bits per heavy atom. The SMILES string of the molecule is COc1ncccc1/C=C1\SC([AsH]c2c(Cl)cccc2Cl)=NC1=O. The topological polar surface area (TPSA) is 51.6 Å². The number of aromatic nitrogens is 1. The molecule has 1 aliphatic rings. The molecule has 0 saturated carbocycles. The Labute approximate surface area is 160 Å². The van der Waals surface area contributed by atoms with Gasteiger partial charge >= 0.3 is 160 Å². The molecule has 0 N–H and O–H groups in total. The predicted molar refractivity (Wildman–Crippen MR) is 102 cm³/mol. The fraction of sp³-hybridized carbons (Fsp3) is 0.0625. The molecule has 1 aromatic heterocycles. The maximum absolute atomic E-state index is 12.2. The van der Waals surface area contributed by atoms with E-state index in [4.69, 9.17) is 27.9 Å². The Morgan fingerprint density at radius 1 is 1.21 bits per heavy atom. The van der Waals surface area contributed by atoms with E-state index in [0.717, 1.165) is 13.7 Å². The van der Waals surface area contributed by atoms with E-state index in [1.165, 1.54) is 11.8 Å². The van der Waals surface area contributed by atoms with Gasteiger partial charge in [0.25, 0.3) is 0 Å². The first kappa shape index (κ1) is 17.6. The van der Waals surface area contributed by atoms with E-state index in [0.29, 0.717) is 20.8 Å². The fourth-order valence-electron chi connectivity index (χ4n) is 2.01. The molecule has 4 nitrogen and oxygen atoms in total. The number of halogens is 2. The summed E-state index contributed by atoms with van der Waals surface area (Å²) in [5.74, 6) is 0.213. The molecule has 122 valence electrons. The van der Waals surface area contributed by atoms with E-state index in [1.54, 1.807) is 43.6 Å². The summed E-state index contributed by atoms with van der Waals surface area (Å²) in [6.45, 7) is 0. The van der Waals surface area contributed by atoms with Crippen LogP contribution in [0, 0.1) is 0 Å². The minimum absolute atomic E-state index is 0.257. The molecule has 8 heteroatoms. The number of thioether (sulfide) groups is 1. The number of hydrogen-bond donors (Lipinski definition) is 0. The number of rotatable bonds is 4. The van der Waals surface area contributed by atoms with Crippen molar-refractivity contribution >= 4 is 70.9 Å². The maximum atomic E-state index is 12.2. The van der Waals surface area contributed by atoms with Gasteiger partial charge in [0.2, 0.25) is 0 Å². The average Bonchev–Trinajstić information content (AvgIpc) is 2.91. The summed E-state index contributed by atoms with van der Waals surface area (Å²) in [5.41, 5.74) is 0.739. The first-order chi connectivity index (χ1) is 11.6. The van der Waals surface area contributed by atoms with Crippen molar-refractivity contribution in [2.45, 2.75) is 0 Å². The van der Waals surface area contributed by atoms with Crippen LogP contribution >= 0.6 is 35.0 Å². The molecular formula is C16H11AsCl2N2O2S. The third kappa shape index (κ3) is 3.86. The number of ether oxygens (including phenoxy) is 1. The minimum atomic E-state index is -0.877. The van der Waals surface area contributed by atoms with Gasteiger partial charge in [-0.25, -0.2) is 0 Å². The molecular weight excluding hydrogens is 430 g/mol. The molecule has 2 heterocycles. The molecule has 1 unspecified atom stereocenters. The van der Waals surface area contributed by atoms with Crippen LogP contribution in [0.25, 0.3) is 6.08 Å². The van der Waals surface area contributed by atoms with E-state index in [-0.39, 0.29) is 5.91 Å². The van der Waals surface area contributed by atoms with Gasteiger partial charge in [0.1, 0.15) is 0 Å². The monoisotopic (exact) mass is 440 g/mol. The number of hydrogen-bond acceptors (Lipinski definition) is 4. The Morgan fingerprint density at radius 3 is 2.67 bits per heavy atom. The van der Waals surface area contributed by atoms with E-state index in [1.807, 2.05) is 6.07 Å². The molecule has 0 radical (unpaired) electrons. The third-order valence-corrected chi connectivity index (χ3v) is 8.70. The summed E-state index contributed by atoms with van der Waals surface area (Å²) in [7, 11) is 1.54. The summed E-state index contributed by atoms with van der Waals surface area (Å²) in [6.07, 6.45) is 3.38. The van der Waals surface area contributed by atoms with Crippen LogP contribution in [0.1, 0.15) is 5.56 Å². The quantitative estimate of drug-likeness (QED) is 0.541. The molecule has 3 rings (SSSR count). The van der Waals surface area contributed by atoms with Gasteiger partial charge in [-0.2, -0.15) is 0 Å². The molecule has 1 amide bonds. The fourth-order valence-corrected chi connectivity index (χ4v) is 6.78. The van der Waals surface area contributed by atoms with E-state index >= 15 is 0 Å². The van der Waals surface area contributed by atoms with Gasteiger partial charge in [-0.15, -0.1) is 0 Å². The van der Waals surface area contributed by atoms with Gasteiger partial charge in [-0.3, -0.25) is 0 Å². The summed E-state index contributed by atoms with van der Waals surface area (Å²) >= 11 is 12.9. The normalized spacial score (nSPS) is 16.2. The summed E-state index contributed by atoms with van der Waals surface area (Å²) in [5, 5.41) is 1.23. The number of amides is 1. The van der Waals surface area contributed by atoms with Gasteiger partial charge in [-0.05, 0) is 0 Å². The van der Waals surface area contributed by atoms with E-state index < -0.39 is 15.8 Å². The van der Waals surface area contributed by atoms with Crippen LogP contribution in [0.5, 0.6) is 5.88 Å². The molecule has 0 spiro atoms. The number of carbonyl (C=O) groups is 1. The Bertz CT molecular complexity index is 851. The predicted octanol–water partition coefficient (Wildman–Crippen LogP) is 3.13. The van der Waals surface area contributed by atoms with Crippen LogP contribution in [0.15, 0.2) is 46.4 Å². The van der Waals surface area contributed by atoms with Crippen molar-refractivity contribution in [1.29, 1.82) is 0 Å². The van der Waals surface area contributed by atoms with Crippen LogP contribution < -0.4 is 9.09 Å². The molecule has 2 aromatic rings. The van der Waals surface area contributed by atoms with Crippen molar-refractivity contribution in [2.24, 2.45) is 4.99 Å². The van der Waals surface area contributed by atoms with Crippen molar-refractivity contribution in [1.82, 2.24) is 4.98 Å². The molecule has 1 aliphatic heterocycles. The molecule has 0 saturated heterocycles. The standard InChI is InChI=1S/C16H11AsCl2N2O2S/c1-23-15-9(4-3-7-20-15)8-12-14(22)21-16(24-12)17-13-10(18)5-2-6-11(13)19/h2-8,17H,1H3/b12-8-. The van der Waals surface area contributed by atoms with Gasteiger partial charge < -0.3 is 0 Å². The van der Waals surface area contributed by atoms with Crippen molar-refractivity contribution in [2.75, 3.05) is 7.11 Å². The third-order valence-electron chi connectivity index (χ3n) is 3.10. The van der Waals surface area contributed by atoms with Crippen molar-refractivity contribution < 1.29 is 9.53 Å². The number of benzene rings is 1. The van der Waals surface area contributed by atoms with Crippen molar-refractivity contribution in [3.8, 4) is 5.88 Å². The van der Waals surface area contributed by atoms with Gasteiger partial charge in [0.05, 0.1) is 0 Å². The number of carbonyl (C=O) groups excluding carboxylic acids is 1. The molecule has 0 bridgehead atoms. The molecule has 0 aliphatic carbocycles. The van der Waals surface area contributed by atoms with Crippen LogP contribution in [0.2, 0.25) is 10.0 Å². The summed E-state index contributed by atoms with van der Waals surface area (Å²) < 4.78 is 6.87. The zero-order valence-corrected chi connectivity index (χ0v) is 16.8. The second-order valence-electron chi connectivity index (χ2n) is 4.66. The van der Waals surface area contributed by atoms with Crippen LogP contribution in [-0.2, 0) is 4.79 Å². The Kier molecular flexibility index (Phi) is 5.67. The summed E-state index contributed by atoms with van der Waals surface area (Å²) in [6, 6.07) is 9.02. The number of methoxy groups -OCH3 is 1. The first-order valence-electron chi connectivity index (χ1n) is 6.81. The molecule has 0 fully saturated rings. The first-order valence-corrected chi connectivity index (χ1v) is 10.5.